The monoisotopic (exact) mass is 414 g/mol. The molecule has 0 aliphatic heterocycles. The van der Waals surface area contributed by atoms with Crippen LogP contribution in [0.1, 0.15) is 0 Å². The summed E-state index contributed by atoms with van der Waals surface area (Å²) in [5, 5.41) is 0. The summed E-state index contributed by atoms with van der Waals surface area (Å²) < 4.78 is 0. The molecule has 108 valence electrons. The molecule has 0 atom stereocenters. The van der Waals surface area contributed by atoms with Gasteiger partial charge in [-0.15, -0.1) is 0 Å². The van der Waals surface area contributed by atoms with Gasteiger partial charge >= 0.3 is 140 Å². The van der Waals surface area contributed by atoms with Crippen molar-refractivity contribution in [3.63, 3.8) is 0 Å². The first kappa shape index (κ1) is 37.9. The first-order valence-electron chi connectivity index (χ1n) is 2.68. The molecule has 0 spiro atoms. The first-order valence-corrected chi connectivity index (χ1v) is 8.05. The summed E-state index contributed by atoms with van der Waals surface area (Å²) in [6.07, 6.45) is 0. The van der Waals surface area contributed by atoms with Crippen molar-refractivity contribution in [2.24, 2.45) is 0 Å². The Kier molecular flexibility index (Phi) is 36.4. The predicted molar refractivity (Wildman–Crippen MR) is 69.5 cm³/mol. The van der Waals surface area contributed by atoms with E-state index in [2.05, 4.69) is 0 Å². The Hall–Kier alpha value is 3.95. The van der Waals surface area contributed by atoms with Crippen molar-refractivity contribution in [2.75, 3.05) is 0 Å². The zero-order chi connectivity index (χ0) is 13.5. The van der Waals surface area contributed by atoms with Crippen LogP contribution in [0.2, 0.25) is 0 Å². The van der Waals surface area contributed by atoms with Crippen LogP contribution >= 0.6 is 0 Å². The molecule has 0 fully saturated rings. The molecule has 0 bridgehead atoms. The summed E-state index contributed by atoms with van der Waals surface area (Å²) in [6.45, 7) is 0. The minimum atomic E-state index is -4.61. The molecule has 12 nitrogen and oxygen atoms in total. The van der Waals surface area contributed by atoms with Crippen LogP contribution in [0.25, 0.3) is 0 Å². The third-order valence-electron chi connectivity index (χ3n) is 0. The molecule has 12 N–H and O–H groups in total. The van der Waals surface area contributed by atoms with E-state index in [1.807, 2.05) is 0 Å². The van der Waals surface area contributed by atoms with Gasteiger partial charge in [-0.3, -0.25) is 0 Å². The molecule has 0 unspecified atom stereocenters. The van der Waals surface area contributed by atoms with E-state index in [0.29, 0.717) is 0 Å². The van der Waals surface area contributed by atoms with Gasteiger partial charge in [0.05, 0.1) is 0 Å². The molecule has 18 heteroatoms. The normalized spacial score (nSPS) is 10.0. The molecule has 0 amide bonds. The topological polar surface area (TPSA) is 243 Å². The van der Waals surface area contributed by atoms with Crippen molar-refractivity contribution >= 4 is 140 Å². The van der Waals surface area contributed by atoms with Gasteiger partial charge in [0.2, 0.25) is 0 Å². The summed E-state index contributed by atoms with van der Waals surface area (Å²) in [5.41, 5.74) is 0. The molecule has 0 aromatic heterocycles. The van der Waals surface area contributed by atoms with Crippen LogP contribution in [0.15, 0.2) is 0 Å². The van der Waals surface area contributed by atoms with Crippen molar-refractivity contribution in [1.82, 2.24) is 0 Å². The van der Waals surface area contributed by atoms with Gasteiger partial charge in [-0.1, -0.05) is 0 Å². The van der Waals surface area contributed by atoms with Crippen molar-refractivity contribution in [3.05, 3.63) is 0 Å². The zero-order valence-corrected chi connectivity index (χ0v) is 9.87. The maximum absolute atomic E-state index is 7.33. The van der Waals surface area contributed by atoms with Gasteiger partial charge in [-0.2, -0.15) is 0 Å². The molecule has 0 aromatic carbocycles. The van der Waals surface area contributed by atoms with E-state index in [-0.39, 0.29) is 113 Å². The molecule has 0 aliphatic rings. The standard InChI is InChI=1S/3Ca.3H4O4Si.6H/c;;;3*1-5(2,3)4;;;;;;/h;;;3*1-4H;;;;;;. The second kappa shape index (κ2) is 17.3. The second-order valence-electron chi connectivity index (χ2n) is 1.80. The van der Waals surface area contributed by atoms with Gasteiger partial charge < -0.3 is 57.5 Å². The molecule has 18 heavy (non-hydrogen) atoms. The average molecular weight is 415 g/mol. The van der Waals surface area contributed by atoms with Crippen LogP contribution in [0.3, 0.4) is 0 Å². The predicted octanol–water partition coefficient (Wildman–Crippen LogP) is -10.6. The number of rotatable bonds is 0. The molecular formula is H18Ca3O12Si3. The maximum atomic E-state index is 7.33. The van der Waals surface area contributed by atoms with E-state index in [1.54, 1.807) is 0 Å². The molecule has 0 rings (SSSR count). The number of hydrogen-bond donors (Lipinski definition) is 12. The minimum absolute atomic E-state index is 0. The Balaban J connectivity index is -0.0000000277. The first-order chi connectivity index (χ1) is 6.00. The van der Waals surface area contributed by atoms with E-state index >= 15 is 0 Å². The summed E-state index contributed by atoms with van der Waals surface area (Å²) in [5.74, 6) is 0. The van der Waals surface area contributed by atoms with E-state index in [0.717, 1.165) is 0 Å². The van der Waals surface area contributed by atoms with E-state index in [4.69, 9.17) is 57.5 Å². The quantitative estimate of drug-likeness (QED) is 0.165. The van der Waals surface area contributed by atoms with Crippen LogP contribution in [0, 0.1) is 0 Å². The van der Waals surface area contributed by atoms with Crippen molar-refractivity contribution in [3.8, 4) is 0 Å². The zero-order valence-electron chi connectivity index (χ0n) is 6.87. The van der Waals surface area contributed by atoms with Crippen LogP contribution < -0.4 is 0 Å². The number of hydrogen-bond acceptors (Lipinski definition) is 12. The van der Waals surface area contributed by atoms with Gasteiger partial charge in [0.1, 0.15) is 0 Å². The van der Waals surface area contributed by atoms with Gasteiger partial charge in [0.25, 0.3) is 0 Å². The Bertz CT molecular complexity index is 97.6. The van der Waals surface area contributed by atoms with Crippen molar-refractivity contribution < 1.29 is 57.5 Å². The molecule has 0 saturated carbocycles. The fourth-order valence-corrected chi connectivity index (χ4v) is 0. The Morgan fingerprint density at radius 3 is 0.278 bits per heavy atom. The Labute approximate surface area is 194 Å². The Morgan fingerprint density at radius 2 is 0.278 bits per heavy atom. The van der Waals surface area contributed by atoms with E-state index in [1.165, 1.54) is 0 Å². The Morgan fingerprint density at radius 1 is 0.278 bits per heavy atom. The van der Waals surface area contributed by atoms with Crippen molar-refractivity contribution in [2.45, 2.75) is 0 Å². The molecule has 0 saturated heterocycles. The summed E-state index contributed by atoms with van der Waals surface area (Å²) in [4.78, 5) is 87.9. The molecule has 0 aromatic rings. The van der Waals surface area contributed by atoms with Gasteiger partial charge in [-0.05, 0) is 0 Å². The SMILES string of the molecule is O[Si](O)(O)O.O[Si](O)(O)O.O[Si](O)(O)O.[CaH2].[CaH2].[CaH2]. The fourth-order valence-electron chi connectivity index (χ4n) is 0. The fraction of sp³-hybridized carbons (Fsp3) is 0. The van der Waals surface area contributed by atoms with Gasteiger partial charge in [0, 0.05) is 0 Å². The third-order valence-corrected chi connectivity index (χ3v) is 0. The molecular weight excluding hydrogens is 396 g/mol. The average Bonchev–Trinajstić information content (AvgIpc) is 1.41. The summed E-state index contributed by atoms with van der Waals surface area (Å²) in [6, 6.07) is 0. The van der Waals surface area contributed by atoms with Gasteiger partial charge in [0.15, 0.2) is 0 Å². The summed E-state index contributed by atoms with van der Waals surface area (Å²) in [7, 11) is -13.8. The second-order valence-corrected chi connectivity index (χ2v) is 5.40. The molecule has 0 aliphatic carbocycles. The van der Waals surface area contributed by atoms with Crippen LogP contribution in [0.4, 0.5) is 0 Å². The van der Waals surface area contributed by atoms with E-state index in [9.17, 15) is 0 Å². The van der Waals surface area contributed by atoms with Gasteiger partial charge in [-0.25, -0.2) is 0 Å². The summed E-state index contributed by atoms with van der Waals surface area (Å²) >= 11 is 0. The molecule has 0 heterocycles. The van der Waals surface area contributed by atoms with Crippen LogP contribution in [-0.2, 0) is 0 Å². The van der Waals surface area contributed by atoms with Crippen molar-refractivity contribution in [1.29, 1.82) is 0 Å². The third kappa shape index (κ3) is 459. The molecule has 0 radical (unpaired) electrons. The van der Waals surface area contributed by atoms with Crippen LogP contribution in [0.5, 0.6) is 0 Å². The van der Waals surface area contributed by atoms with Crippen LogP contribution in [-0.4, -0.2) is 198 Å². The van der Waals surface area contributed by atoms with E-state index < -0.39 is 27.1 Å².